The van der Waals surface area contributed by atoms with Crippen LogP contribution in [-0.2, 0) is 4.79 Å². The average molecular weight is 331 g/mol. The predicted molar refractivity (Wildman–Crippen MR) is 96.2 cm³/mol. The third kappa shape index (κ3) is 4.45. The van der Waals surface area contributed by atoms with Crippen LogP contribution in [0.25, 0.3) is 0 Å². The lowest BCUT2D eigenvalue weighted by atomic mass is 10.1. The summed E-state index contributed by atoms with van der Waals surface area (Å²) in [4.78, 5) is 23.6. The quantitative estimate of drug-likeness (QED) is 0.865. The van der Waals surface area contributed by atoms with Crippen LogP contribution in [0.4, 0.5) is 5.82 Å². The normalized spacial score (nSPS) is 22.6. The molecule has 2 aliphatic heterocycles. The highest BCUT2D eigenvalue weighted by molar-refractivity contribution is 5.76. The summed E-state index contributed by atoms with van der Waals surface area (Å²) in [6.45, 7) is 6.63. The van der Waals surface area contributed by atoms with E-state index in [4.69, 9.17) is 0 Å². The van der Waals surface area contributed by atoms with Gasteiger partial charge in [-0.1, -0.05) is 6.07 Å². The van der Waals surface area contributed by atoms with Crippen molar-refractivity contribution in [2.45, 2.75) is 25.3 Å². The standard InChI is InChI=1S/C18H29N5O/c1-19-16-5-4-9-23(15-16)18(24)7-10-21-11-13-22(14-12-21)17-6-2-3-8-20-17/h2-3,6,8,16,19H,4-5,7,9-15H2,1H3. The van der Waals surface area contributed by atoms with Gasteiger partial charge in [0.1, 0.15) is 5.82 Å². The van der Waals surface area contributed by atoms with Crippen molar-refractivity contribution in [2.24, 2.45) is 0 Å². The summed E-state index contributed by atoms with van der Waals surface area (Å²) in [5.41, 5.74) is 0. The van der Waals surface area contributed by atoms with E-state index in [1.54, 1.807) is 0 Å². The summed E-state index contributed by atoms with van der Waals surface area (Å²) in [6.07, 6.45) is 4.77. The second-order valence-corrected chi connectivity index (χ2v) is 6.73. The van der Waals surface area contributed by atoms with Crippen LogP contribution in [-0.4, -0.2) is 79.6 Å². The van der Waals surface area contributed by atoms with E-state index >= 15 is 0 Å². The molecule has 2 aliphatic rings. The molecule has 0 bridgehead atoms. The van der Waals surface area contributed by atoms with E-state index < -0.39 is 0 Å². The van der Waals surface area contributed by atoms with Gasteiger partial charge >= 0.3 is 0 Å². The first-order chi connectivity index (χ1) is 11.8. The van der Waals surface area contributed by atoms with Crippen molar-refractivity contribution in [1.82, 2.24) is 20.1 Å². The minimum absolute atomic E-state index is 0.308. The maximum atomic E-state index is 12.4. The molecule has 1 unspecified atom stereocenters. The molecule has 1 aromatic rings. The number of pyridine rings is 1. The third-order valence-electron chi connectivity index (χ3n) is 5.17. The molecule has 2 fully saturated rings. The van der Waals surface area contributed by atoms with E-state index in [-0.39, 0.29) is 0 Å². The highest BCUT2D eigenvalue weighted by Gasteiger charge is 2.23. The first kappa shape index (κ1) is 17.2. The Morgan fingerprint density at radius 2 is 2.08 bits per heavy atom. The van der Waals surface area contributed by atoms with Crippen LogP contribution in [0.3, 0.4) is 0 Å². The molecule has 24 heavy (non-hydrogen) atoms. The highest BCUT2D eigenvalue weighted by atomic mass is 16.2. The van der Waals surface area contributed by atoms with Gasteiger partial charge in [0, 0.05) is 64.5 Å². The monoisotopic (exact) mass is 331 g/mol. The second kappa shape index (κ2) is 8.44. The van der Waals surface area contributed by atoms with E-state index in [0.29, 0.717) is 18.4 Å². The fourth-order valence-corrected chi connectivity index (χ4v) is 3.59. The summed E-state index contributed by atoms with van der Waals surface area (Å²) in [6, 6.07) is 6.51. The van der Waals surface area contributed by atoms with E-state index in [1.807, 2.05) is 30.3 Å². The van der Waals surface area contributed by atoms with Gasteiger partial charge < -0.3 is 15.1 Å². The SMILES string of the molecule is CNC1CCCN(C(=O)CCN2CCN(c3ccccn3)CC2)C1. The Morgan fingerprint density at radius 3 is 2.79 bits per heavy atom. The molecule has 132 valence electrons. The number of likely N-dealkylation sites (N-methyl/N-ethyl adjacent to an activating group) is 1. The molecule has 3 rings (SSSR count). The number of aromatic nitrogens is 1. The molecule has 1 amide bonds. The molecule has 6 nitrogen and oxygen atoms in total. The molecule has 0 spiro atoms. The largest absolute Gasteiger partial charge is 0.354 e. The lowest BCUT2D eigenvalue weighted by Gasteiger charge is -2.36. The van der Waals surface area contributed by atoms with Gasteiger partial charge in [-0.15, -0.1) is 0 Å². The van der Waals surface area contributed by atoms with Crippen molar-refractivity contribution in [1.29, 1.82) is 0 Å². The Bertz CT molecular complexity index is 515. The fourth-order valence-electron chi connectivity index (χ4n) is 3.59. The lowest BCUT2D eigenvalue weighted by molar-refractivity contribution is -0.132. The molecule has 6 heteroatoms. The molecule has 0 aromatic carbocycles. The first-order valence-corrected chi connectivity index (χ1v) is 9.09. The molecule has 1 atom stereocenters. The Balaban J connectivity index is 1.39. The number of carbonyl (C=O) groups is 1. The van der Waals surface area contributed by atoms with Crippen molar-refractivity contribution in [2.75, 3.05) is 57.8 Å². The lowest BCUT2D eigenvalue weighted by Crippen LogP contribution is -2.49. The van der Waals surface area contributed by atoms with Crippen LogP contribution in [0.1, 0.15) is 19.3 Å². The number of nitrogens with zero attached hydrogens (tertiary/aromatic N) is 4. The van der Waals surface area contributed by atoms with Crippen LogP contribution in [0.15, 0.2) is 24.4 Å². The predicted octanol–water partition coefficient (Wildman–Crippen LogP) is 0.804. The Labute approximate surface area is 144 Å². The minimum Gasteiger partial charge on any atom is -0.354 e. The molecule has 1 N–H and O–H groups in total. The van der Waals surface area contributed by atoms with Gasteiger partial charge in [0.15, 0.2) is 0 Å². The van der Waals surface area contributed by atoms with Gasteiger partial charge in [-0.05, 0) is 32.0 Å². The number of carbonyl (C=O) groups excluding carboxylic acids is 1. The fraction of sp³-hybridized carbons (Fsp3) is 0.667. The summed E-state index contributed by atoms with van der Waals surface area (Å²) < 4.78 is 0. The van der Waals surface area contributed by atoms with E-state index in [9.17, 15) is 4.79 Å². The number of hydrogen-bond acceptors (Lipinski definition) is 5. The zero-order valence-electron chi connectivity index (χ0n) is 14.7. The second-order valence-electron chi connectivity index (χ2n) is 6.73. The number of rotatable bonds is 5. The Hall–Kier alpha value is -1.66. The van der Waals surface area contributed by atoms with Crippen LogP contribution >= 0.6 is 0 Å². The van der Waals surface area contributed by atoms with Gasteiger partial charge in [0.05, 0.1) is 0 Å². The summed E-state index contributed by atoms with van der Waals surface area (Å²) in [5.74, 6) is 1.36. The van der Waals surface area contributed by atoms with Gasteiger partial charge in [-0.2, -0.15) is 0 Å². The smallest absolute Gasteiger partial charge is 0.223 e. The van der Waals surface area contributed by atoms with E-state index in [1.165, 1.54) is 6.42 Å². The number of anilines is 1. The van der Waals surface area contributed by atoms with Crippen LogP contribution in [0.2, 0.25) is 0 Å². The molecular weight excluding hydrogens is 302 g/mol. The van der Waals surface area contributed by atoms with Gasteiger partial charge in [0.25, 0.3) is 0 Å². The summed E-state index contributed by atoms with van der Waals surface area (Å²) in [5, 5.41) is 3.30. The maximum Gasteiger partial charge on any atom is 0.223 e. The van der Waals surface area contributed by atoms with Crippen LogP contribution < -0.4 is 10.2 Å². The van der Waals surface area contributed by atoms with Gasteiger partial charge in [-0.25, -0.2) is 4.98 Å². The van der Waals surface area contributed by atoms with Crippen molar-refractivity contribution in [3.05, 3.63) is 24.4 Å². The van der Waals surface area contributed by atoms with E-state index in [0.717, 1.165) is 58.1 Å². The molecule has 3 heterocycles. The first-order valence-electron chi connectivity index (χ1n) is 9.09. The Kier molecular flexibility index (Phi) is 6.04. The zero-order valence-corrected chi connectivity index (χ0v) is 14.7. The third-order valence-corrected chi connectivity index (χ3v) is 5.17. The number of likely N-dealkylation sites (tertiary alicyclic amines) is 1. The van der Waals surface area contributed by atoms with E-state index in [2.05, 4.69) is 26.2 Å². The number of piperazine rings is 1. The van der Waals surface area contributed by atoms with Crippen molar-refractivity contribution in [3.63, 3.8) is 0 Å². The minimum atomic E-state index is 0.308. The molecule has 0 aliphatic carbocycles. The van der Waals surface area contributed by atoms with Crippen molar-refractivity contribution in [3.8, 4) is 0 Å². The van der Waals surface area contributed by atoms with Gasteiger partial charge in [-0.3, -0.25) is 9.69 Å². The van der Waals surface area contributed by atoms with Crippen LogP contribution in [0.5, 0.6) is 0 Å². The topological polar surface area (TPSA) is 51.7 Å². The summed E-state index contributed by atoms with van der Waals surface area (Å²) >= 11 is 0. The van der Waals surface area contributed by atoms with Crippen LogP contribution in [0, 0.1) is 0 Å². The molecule has 1 aromatic heterocycles. The van der Waals surface area contributed by atoms with Crippen molar-refractivity contribution >= 4 is 11.7 Å². The van der Waals surface area contributed by atoms with Crippen molar-refractivity contribution < 1.29 is 4.79 Å². The highest BCUT2D eigenvalue weighted by Crippen LogP contribution is 2.14. The molecule has 0 saturated carbocycles. The molecular formula is C18H29N5O. The average Bonchev–Trinajstić information content (AvgIpc) is 2.67. The molecule has 0 radical (unpaired) electrons. The summed E-state index contributed by atoms with van der Waals surface area (Å²) in [7, 11) is 1.99. The maximum absolute atomic E-state index is 12.4. The number of nitrogens with one attached hydrogen (secondary N) is 1. The number of piperidine rings is 1. The Morgan fingerprint density at radius 1 is 1.25 bits per heavy atom. The zero-order chi connectivity index (χ0) is 16.8. The number of hydrogen-bond donors (Lipinski definition) is 1. The van der Waals surface area contributed by atoms with Gasteiger partial charge in [0.2, 0.25) is 5.91 Å². The molecule has 2 saturated heterocycles. The number of amides is 1.